The fraction of sp³-hybridized carbons (Fsp3) is 0.600. The first-order valence-corrected chi connectivity index (χ1v) is 6.93. The van der Waals surface area contributed by atoms with Gasteiger partial charge in [0.2, 0.25) is 0 Å². The van der Waals surface area contributed by atoms with Crippen LogP contribution in [-0.2, 0) is 6.42 Å². The molecule has 1 aromatic heterocycles. The van der Waals surface area contributed by atoms with Gasteiger partial charge in [0.15, 0.2) is 0 Å². The van der Waals surface area contributed by atoms with Crippen LogP contribution < -0.4 is 10.6 Å². The SMILES string of the molecule is CCCC(C)(C)NC(=O)c1cc(CC)nc(NC)c1. The average Bonchev–Trinajstić information content (AvgIpc) is 2.37. The zero-order valence-corrected chi connectivity index (χ0v) is 12.6. The van der Waals surface area contributed by atoms with Crippen molar-refractivity contribution in [3.63, 3.8) is 0 Å². The number of carbonyl (C=O) groups excluding carboxylic acids is 1. The van der Waals surface area contributed by atoms with Gasteiger partial charge in [0.05, 0.1) is 0 Å². The van der Waals surface area contributed by atoms with Crippen molar-refractivity contribution in [1.29, 1.82) is 0 Å². The molecule has 0 radical (unpaired) electrons. The molecule has 0 aliphatic rings. The number of anilines is 1. The van der Waals surface area contributed by atoms with Gasteiger partial charge in [-0.15, -0.1) is 0 Å². The molecule has 0 aliphatic carbocycles. The quantitative estimate of drug-likeness (QED) is 0.829. The average molecular weight is 263 g/mol. The van der Waals surface area contributed by atoms with E-state index in [1.807, 2.05) is 20.0 Å². The lowest BCUT2D eigenvalue weighted by molar-refractivity contribution is 0.0909. The van der Waals surface area contributed by atoms with Crippen molar-refractivity contribution in [3.05, 3.63) is 23.4 Å². The number of rotatable bonds is 6. The van der Waals surface area contributed by atoms with Crippen molar-refractivity contribution >= 4 is 11.7 Å². The zero-order valence-electron chi connectivity index (χ0n) is 12.6. The molecule has 1 rings (SSSR count). The molecule has 2 N–H and O–H groups in total. The third-order valence-electron chi connectivity index (χ3n) is 3.09. The molecule has 0 fully saturated rings. The standard InChI is InChI=1S/C15H25N3O/c1-6-8-15(3,4)18-14(19)11-9-12(7-2)17-13(10-11)16-5/h9-10H,6-8H2,1-5H3,(H,16,17)(H,18,19). The summed E-state index contributed by atoms with van der Waals surface area (Å²) in [6.07, 6.45) is 2.82. The van der Waals surface area contributed by atoms with E-state index in [4.69, 9.17) is 0 Å². The van der Waals surface area contributed by atoms with Gasteiger partial charge < -0.3 is 10.6 Å². The van der Waals surface area contributed by atoms with Gasteiger partial charge in [-0.2, -0.15) is 0 Å². The van der Waals surface area contributed by atoms with Gasteiger partial charge in [0.25, 0.3) is 5.91 Å². The van der Waals surface area contributed by atoms with E-state index in [9.17, 15) is 4.79 Å². The van der Waals surface area contributed by atoms with Gasteiger partial charge in [-0.25, -0.2) is 4.98 Å². The molecule has 0 spiro atoms. The Morgan fingerprint density at radius 2 is 2.00 bits per heavy atom. The second-order valence-corrected chi connectivity index (χ2v) is 5.42. The van der Waals surface area contributed by atoms with Gasteiger partial charge in [0.1, 0.15) is 5.82 Å². The number of amides is 1. The van der Waals surface area contributed by atoms with Crippen LogP contribution in [0.4, 0.5) is 5.82 Å². The van der Waals surface area contributed by atoms with Crippen molar-refractivity contribution in [3.8, 4) is 0 Å². The molecule has 1 aromatic rings. The van der Waals surface area contributed by atoms with Crippen molar-refractivity contribution in [1.82, 2.24) is 10.3 Å². The van der Waals surface area contributed by atoms with Gasteiger partial charge in [-0.05, 0) is 38.8 Å². The maximum Gasteiger partial charge on any atom is 0.251 e. The summed E-state index contributed by atoms with van der Waals surface area (Å²) in [6, 6.07) is 3.65. The fourth-order valence-corrected chi connectivity index (χ4v) is 2.10. The van der Waals surface area contributed by atoms with E-state index < -0.39 is 0 Å². The predicted octanol–water partition coefficient (Wildman–Crippen LogP) is 2.99. The van der Waals surface area contributed by atoms with Crippen LogP contribution in [0.3, 0.4) is 0 Å². The summed E-state index contributed by atoms with van der Waals surface area (Å²) < 4.78 is 0. The smallest absolute Gasteiger partial charge is 0.251 e. The van der Waals surface area contributed by atoms with Crippen molar-refractivity contribution in [2.75, 3.05) is 12.4 Å². The largest absolute Gasteiger partial charge is 0.373 e. The lowest BCUT2D eigenvalue weighted by Gasteiger charge is -2.26. The maximum atomic E-state index is 12.3. The Hall–Kier alpha value is -1.58. The van der Waals surface area contributed by atoms with Gasteiger partial charge in [0, 0.05) is 23.8 Å². The molecular formula is C15H25N3O. The lowest BCUT2D eigenvalue weighted by Crippen LogP contribution is -2.43. The summed E-state index contributed by atoms with van der Waals surface area (Å²) in [4.78, 5) is 16.7. The van der Waals surface area contributed by atoms with Gasteiger partial charge in [-0.1, -0.05) is 20.3 Å². The third-order valence-corrected chi connectivity index (χ3v) is 3.09. The number of nitrogens with zero attached hydrogens (tertiary/aromatic N) is 1. The Balaban J connectivity index is 2.93. The third kappa shape index (κ3) is 4.54. The molecular weight excluding hydrogens is 238 g/mol. The number of hydrogen-bond donors (Lipinski definition) is 2. The topological polar surface area (TPSA) is 54.0 Å². The van der Waals surface area contributed by atoms with E-state index >= 15 is 0 Å². The Kier molecular flexibility index (Phi) is 5.33. The van der Waals surface area contributed by atoms with Crippen LogP contribution in [0.1, 0.15) is 56.6 Å². The molecule has 4 nitrogen and oxygen atoms in total. The summed E-state index contributed by atoms with van der Waals surface area (Å²) in [7, 11) is 1.81. The number of nitrogens with one attached hydrogen (secondary N) is 2. The number of aromatic nitrogens is 1. The molecule has 0 saturated carbocycles. The zero-order chi connectivity index (χ0) is 14.5. The van der Waals surface area contributed by atoms with Crippen LogP contribution in [0.2, 0.25) is 0 Å². The normalized spacial score (nSPS) is 11.2. The predicted molar refractivity (Wildman–Crippen MR) is 79.6 cm³/mol. The summed E-state index contributed by atoms with van der Waals surface area (Å²) >= 11 is 0. The van der Waals surface area contributed by atoms with Crippen LogP contribution >= 0.6 is 0 Å². The molecule has 0 atom stereocenters. The molecule has 0 bridgehead atoms. The highest BCUT2D eigenvalue weighted by Crippen LogP contribution is 2.15. The highest BCUT2D eigenvalue weighted by molar-refractivity contribution is 5.95. The first kappa shape index (κ1) is 15.5. The Labute approximate surface area is 116 Å². The van der Waals surface area contributed by atoms with Crippen LogP contribution in [0.5, 0.6) is 0 Å². The van der Waals surface area contributed by atoms with Gasteiger partial charge >= 0.3 is 0 Å². The molecule has 0 aromatic carbocycles. The monoisotopic (exact) mass is 263 g/mol. The van der Waals surface area contributed by atoms with Gasteiger partial charge in [-0.3, -0.25) is 4.79 Å². The van der Waals surface area contributed by atoms with E-state index in [0.29, 0.717) is 5.56 Å². The Morgan fingerprint density at radius 1 is 1.32 bits per heavy atom. The van der Waals surface area contributed by atoms with Crippen LogP contribution in [0, 0.1) is 0 Å². The Morgan fingerprint density at radius 3 is 2.53 bits per heavy atom. The first-order chi connectivity index (χ1) is 8.91. The molecule has 0 unspecified atom stereocenters. The molecule has 4 heteroatoms. The lowest BCUT2D eigenvalue weighted by atomic mass is 9.98. The number of hydrogen-bond acceptors (Lipinski definition) is 3. The molecule has 1 heterocycles. The minimum atomic E-state index is -0.179. The highest BCUT2D eigenvalue weighted by atomic mass is 16.1. The van der Waals surface area contributed by atoms with Crippen LogP contribution in [0.25, 0.3) is 0 Å². The van der Waals surface area contributed by atoms with Crippen molar-refractivity contribution in [2.45, 2.75) is 52.5 Å². The molecule has 0 aliphatic heterocycles. The van der Waals surface area contributed by atoms with E-state index in [-0.39, 0.29) is 11.4 Å². The van der Waals surface area contributed by atoms with E-state index in [0.717, 1.165) is 30.8 Å². The van der Waals surface area contributed by atoms with Crippen LogP contribution in [-0.4, -0.2) is 23.5 Å². The summed E-state index contributed by atoms with van der Waals surface area (Å²) in [6.45, 7) is 8.25. The molecule has 19 heavy (non-hydrogen) atoms. The van der Waals surface area contributed by atoms with Crippen LogP contribution in [0.15, 0.2) is 12.1 Å². The summed E-state index contributed by atoms with van der Waals surface area (Å²) in [5.74, 6) is 0.699. The highest BCUT2D eigenvalue weighted by Gasteiger charge is 2.20. The second kappa shape index (κ2) is 6.55. The maximum absolute atomic E-state index is 12.3. The van der Waals surface area contributed by atoms with E-state index in [1.165, 1.54) is 0 Å². The second-order valence-electron chi connectivity index (χ2n) is 5.42. The summed E-state index contributed by atoms with van der Waals surface area (Å²) in [5, 5.41) is 6.08. The number of carbonyl (C=O) groups is 1. The molecule has 1 amide bonds. The fourth-order valence-electron chi connectivity index (χ4n) is 2.10. The number of pyridine rings is 1. The van der Waals surface area contributed by atoms with E-state index in [2.05, 4.69) is 36.4 Å². The van der Waals surface area contributed by atoms with Crippen molar-refractivity contribution in [2.24, 2.45) is 0 Å². The minimum Gasteiger partial charge on any atom is -0.373 e. The van der Waals surface area contributed by atoms with E-state index in [1.54, 1.807) is 6.07 Å². The molecule has 106 valence electrons. The Bertz CT molecular complexity index is 419. The minimum absolute atomic E-state index is 0.0351. The molecule has 0 saturated heterocycles. The number of aryl methyl sites for hydroxylation is 1. The first-order valence-electron chi connectivity index (χ1n) is 6.93. The summed E-state index contributed by atoms with van der Waals surface area (Å²) in [5.41, 5.74) is 1.41. The van der Waals surface area contributed by atoms with Crippen molar-refractivity contribution < 1.29 is 4.79 Å².